The van der Waals surface area contributed by atoms with Gasteiger partial charge >= 0.3 is 0 Å². The standard InChI is InChI=1S/C25H42N2O7/c1-22-18-23(20-26-2-6-29-10-14-33-15-11-30-7-3-26)25(28)24(19-22)21-27-4-8-31-12-16-34-17-13-32-9-5-27/h18-19,28H,2-17,20-21H2,1H3. The summed E-state index contributed by atoms with van der Waals surface area (Å²) in [5, 5.41) is 11.2. The summed E-state index contributed by atoms with van der Waals surface area (Å²) < 4.78 is 33.7. The number of benzene rings is 1. The van der Waals surface area contributed by atoms with E-state index in [1.807, 2.05) is 0 Å². The molecule has 0 amide bonds. The molecule has 1 aromatic rings. The number of hydrogen-bond acceptors (Lipinski definition) is 9. The molecule has 194 valence electrons. The van der Waals surface area contributed by atoms with Crippen molar-refractivity contribution in [3.63, 3.8) is 0 Å². The topological polar surface area (TPSA) is 82.1 Å². The predicted molar refractivity (Wildman–Crippen MR) is 128 cm³/mol. The van der Waals surface area contributed by atoms with Crippen LogP contribution >= 0.6 is 0 Å². The fraction of sp³-hybridized carbons (Fsp3) is 0.760. The Labute approximate surface area is 203 Å². The Balaban J connectivity index is 1.63. The van der Waals surface area contributed by atoms with E-state index in [1.54, 1.807) is 0 Å². The van der Waals surface area contributed by atoms with Crippen molar-refractivity contribution >= 4 is 0 Å². The van der Waals surface area contributed by atoms with Gasteiger partial charge in [-0.3, -0.25) is 9.80 Å². The minimum absolute atomic E-state index is 0.369. The molecule has 3 rings (SSSR count). The van der Waals surface area contributed by atoms with Gasteiger partial charge in [0.2, 0.25) is 0 Å². The van der Waals surface area contributed by atoms with Gasteiger partial charge in [-0.25, -0.2) is 0 Å². The van der Waals surface area contributed by atoms with E-state index in [-0.39, 0.29) is 0 Å². The van der Waals surface area contributed by atoms with Gasteiger partial charge in [0, 0.05) is 50.4 Å². The minimum atomic E-state index is 0.369. The normalized spacial score (nSPS) is 22.1. The molecule has 0 aromatic heterocycles. The highest BCUT2D eigenvalue weighted by molar-refractivity contribution is 5.43. The summed E-state index contributed by atoms with van der Waals surface area (Å²) in [5.74, 6) is 0.369. The highest BCUT2D eigenvalue weighted by Gasteiger charge is 2.16. The Hall–Kier alpha value is -1.30. The van der Waals surface area contributed by atoms with Crippen molar-refractivity contribution in [2.45, 2.75) is 20.0 Å². The number of rotatable bonds is 4. The molecule has 0 radical (unpaired) electrons. The molecule has 9 nitrogen and oxygen atoms in total. The van der Waals surface area contributed by atoms with Gasteiger partial charge in [-0.2, -0.15) is 0 Å². The van der Waals surface area contributed by atoms with Crippen LogP contribution < -0.4 is 0 Å². The number of phenolic OH excluding ortho intramolecular Hbond substituents is 1. The SMILES string of the molecule is Cc1cc(CN2CCOCCOCCOCC2)c(O)c(CN2CCOCCOCCOCC2)c1. The van der Waals surface area contributed by atoms with E-state index in [0.717, 1.165) is 42.9 Å². The molecule has 2 aliphatic heterocycles. The number of phenols is 1. The fourth-order valence-corrected chi connectivity index (χ4v) is 4.06. The molecule has 1 N–H and O–H groups in total. The zero-order chi connectivity index (χ0) is 23.8. The van der Waals surface area contributed by atoms with E-state index in [9.17, 15) is 5.11 Å². The molecule has 0 bridgehead atoms. The van der Waals surface area contributed by atoms with Crippen molar-refractivity contribution in [3.05, 3.63) is 28.8 Å². The Morgan fingerprint density at radius 3 is 1.18 bits per heavy atom. The first-order chi connectivity index (χ1) is 16.7. The first kappa shape index (κ1) is 27.3. The van der Waals surface area contributed by atoms with Gasteiger partial charge in [-0.15, -0.1) is 0 Å². The van der Waals surface area contributed by atoms with Gasteiger partial charge in [-0.1, -0.05) is 17.7 Å². The molecule has 9 heteroatoms. The molecule has 2 saturated heterocycles. The number of hydrogen-bond donors (Lipinski definition) is 1. The first-order valence-electron chi connectivity index (χ1n) is 12.4. The lowest BCUT2D eigenvalue weighted by Gasteiger charge is -2.26. The quantitative estimate of drug-likeness (QED) is 0.685. The monoisotopic (exact) mass is 482 g/mol. The lowest BCUT2D eigenvalue weighted by Crippen LogP contribution is -2.33. The van der Waals surface area contributed by atoms with Crippen LogP contribution in [0.5, 0.6) is 5.75 Å². The van der Waals surface area contributed by atoms with Crippen LogP contribution in [0.3, 0.4) is 0 Å². The van der Waals surface area contributed by atoms with Crippen LogP contribution in [0.25, 0.3) is 0 Å². The smallest absolute Gasteiger partial charge is 0.124 e. The largest absolute Gasteiger partial charge is 0.507 e. The average molecular weight is 483 g/mol. The molecule has 0 atom stereocenters. The number of aryl methyl sites for hydroxylation is 1. The van der Waals surface area contributed by atoms with Crippen molar-refractivity contribution in [1.82, 2.24) is 9.80 Å². The molecular weight excluding hydrogens is 440 g/mol. The maximum Gasteiger partial charge on any atom is 0.124 e. The van der Waals surface area contributed by atoms with Crippen molar-refractivity contribution in [2.24, 2.45) is 0 Å². The van der Waals surface area contributed by atoms with Crippen LogP contribution in [0.4, 0.5) is 0 Å². The molecule has 0 saturated carbocycles. The maximum absolute atomic E-state index is 11.2. The van der Waals surface area contributed by atoms with Gasteiger partial charge in [0.05, 0.1) is 79.3 Å². The van der Waals surface area contributed by atoms with Crippen molar-refractivity contribution in [3.8, 4) is 5.75 Å². The Bertz CT molecular complexity index is 614. The molecule has 1 aromatic carbocycles. The summed E-state index contributed by atoms with van der Waals surface area (Å²) in [6, 6.07) is 4.15. The zero-order valence-electron chi connectivity index (χ0n) is 20.7. The third kappa shape index (κ3) is 10.5. The molecule has 2 fully saturated rings. The van der Waals surface area contributed by atoms with Gasteiger partial charge < -0.3 is 33.5 Å². The molecule has 2 heterocycles. The van der Waals surface area contributed by atoms with Crippen LogP contribution in [0.1, 0.15) is 16.7 Å². The second-order valence-electron chi connectivity index (χ2n) is 8.66. The van der Waals surface area contributed by atoms with Crippen LogP contribution in [0.15, 0.2) is 12.1 Å². The molecule has 34 heavy (non-hydrogen) atoms. The van der Waals surface area contributed by atoms with Crippen molar-refractivity contribution < 1.29 is 33.5 Å². The summed E-state index contributed by atoms with van der Waals surface area (Å²) in [4.78, 5) is 4.56. The minimum Gasteiger partial charge on any atom is -0.507 e. The first-order valence-corrected chi connectivity index (χ1v) is 12.4. The van der Waals surface area contributed by atoms with Crippen LogP contribution in [0, 0.1) is 6.92 Å². The summed E-state index contributed by atoms with van der Waals surface area (Å²) in [6.45, 7) is 13.7. The zero-order valence-corrected chi connectivity index (χ0v) is 20.7. The Kier molecular flexibility index (Phi) is 13.2. The van der Waals surface area contributed by atoms with E-state index < -0.39 is 0 Å². The van der Waals surface area contributed by atoms with Gasteiger partial charge in [0.15, 0.2) is 0 Å². The third-order valence-corrected chi connectivity index (χ3v) is 5.90. The van der Waals surface area contributed by atoms with E-state index in [0.29, 0.717) is 98.1 Å². The highest BCUT2D eigenvalue weighted by atomic mass is 16.5. The number of aromatic hydroxyl groups is 1. The van der Waals surface area contributed by atoms with Gasteiger partial charge in [0.1, 0.15) is 5.75 Å². The van der Waals surface area contributed by atoms with Crippen LogP contribution in [-0.2, 0) is 41.5 Å². The lowest BCUT2D eigenvalue weighted by molar-refractivity contribution is -0.00725. The van der Waals surface area contributed by atoms with Crippen molar-refractivity contribution in [2.75, 3.05) is 105 Å². The summed E-state index contributed by atoms with van der Waals surface area (Å²) in [7, 11) is 0. The maximum atomic E-state index is 11.2. The highest BCUT2D eigenvalue weighted by Crippen LogP contribution is 2.27. The molecular formula is C25H42N2O7. The molecule has 2 aliphatic rings. The molecule has 0 aliphatic carbocycles. The van der Waals surface area contributed by atoms with E-state index >= 15 is 0 Å². The Morgan fingerprint density at radius 2 is 0.853 bits per heavy atom. The molecule has 0 unspecified atom stereocenters. The fourth-order valence-electron chi connectivity index (χ4n) is 4.06. The van der Waals surface area contributed by atoms with Crippen LogP contribution in [0.2, 0.25) is 0 Å². The Morgan fingerprint density at radius 1 is 0.559 bits per heavy atom. The molecule has 0 spiro atoms. The average Bonchev–Trinajstić information content (AvgIpc) is 2.80. The van der Waals surface area contributed by atoms with Gasteiger partial charge in [-0.05, 0) is 6.92 Å². The van der Waals surface area contributed by atoms with Crippen molar-refractivity contribution in [1.29, 1.82) is 0 Å². The summed E-state index contributed by atoms with van der Waals surface area (Å²) in [5.41, 5.74) is 3.01. The van der Waals surface area contributed by atoms with Gasteiger partial charge in [0.25, 0.3) is 0 Å². The second-order valence-corrected chi connectivity index (χ2v) is 8.66. The second kappa shape index (κ2) is 16.4. The van der Waals surface area contributed by atoms with E-state index in [4.69, 9.17) is 28.4 Å². The number of nitrogens with zero attached hydrogens (tertiary/aromatic N) is 2. The number of ether oxygens (including phenoxy) is 6. The predicted octanol–water partition coefficient (Wildman–Crippen LogP) is 1.43. The summed E-state index contributed by atoms with van der Waals surface area (Å²) >= 11 is 0. The third-order valence-electron chi connectivity index (χ3n) is 5.90. The summed E-state index contributed by atoms with van der Waals surface area (Å²) in [6.07, 6.45) is 0. The van der Waals surface area contributed by atoms with E-state index in [1.165, 1.54) is 0 Å². The van der Waals surface area contributed by atoms with Crippen LogP contribution in [-0.4, -0.2) is 120 Å². The van der Waals surface area contributed by atoms with E-state index in [2.05, 4.69) is 28.9 Å². The lowest BCUT2D eigenvalue weighted by atomic mass is 10.0.